The Labute approximate surface area is 182 Å². The van der Waals surface area contributed by atoms with Crippen molar-refractivity contribution in [3.05, 3.63) is 59.9 Å². The van der Waals surface area contributed by atoms with Crippen LogP contribution in [0.15, 0.2) is 48.5 Å². The molecule has 168 valence electrons. The average Bonchev–Trinajstić information content (AvgIpc) is 2.64. The van der Waals surface area contributed by atoms with Crippen molar-refractivity contribution in [3.63, 3.8) is 0 Å². The van der Waals surface area contributed by atoms with E-state index in [0.717, 1.165) is 10.6 Å². The lowest BCUT2D eigenvalue weighted by Crippen LogP contribution is -2.40. The summed E-state index contributed by atoms with van der Waals surface area (Å²) in [6.45, 7) is 5.51. The third-order valence-corrected chi connectivity index (χ3v) is 5.40. The fraction of sp³-hybridized carbons (Fsp3) is 0.364. The molecule has 0 saturated heterocycles. The second kappa shape index (κ2) is 9.91. The molecule has 0 aliphatic rings. The van der Waals surface area contributed by atoms with Crippen molar-refractivity contribution >= 4 is 33.2 Å². The van der Waals surface area contributed by atoms with Gasteiger partial charge >= 0.3 is 0 Å². The number of hydrogen-bond donors (Lipinski definition) is 2. The minimum absolute atomic E-state index is 0.00427. The Morgan fingerprint density at radius 3 is 2.26 bits per heavy atom. The third kappa shape index (κ3) is 7.36. The van der Waals surface area contributed by atoms with Gasteiger partial charge in [-0.15, -0.1) is 0 Å². The van der Waals surface area contributed by atoms with Crippen LogP contribution in [0.4, 0.5) is 15.8 Å². The highest BCUT2D eigenvalue weighted by Crippen LogP contribution is 2.22. The minimum Gasteiger partial charge on any atom is -0.347 e. The van der Waals surface area contributed by atoms with Crippen molar-refractivity contribution in [3.8, 4) is 0 Å². The maximum absolute atomic E-state index is 14.1. The third-order valence-electron chi connectivity index (χ3n) is 4.22. The standard InChI is InChI=1S/C22H28FN3O4S/c1-22(2,3)25-21(28)16-10-5-7-12-18(16)24-20(27)14-9-15-26(31(4,29)30)19-13-8-6-11-17(19)23/h5-8,10-13H,9,14-15H2,1-4H3,(H,24,27)(H,25,28). The number of benzene rings is 2. The highest BCUT2D eigenvalue weighted by atomic mass is 32.2. The quantitative estimate of drug-likeness (QED) is 0.644. The molecule has 31 heavy (non-hydrogen) atoms. The van der Waals surface area contributed by atoms with E-state index < -0.39 is 21.4 Å². The van der Waals surface area contributed by atoms with Crippen LogP contribution in [0.5, 0.6) is 0 Å². The zero-order chi connectivity index (χ0) is 23.2. The van der Waals surface area contributed by atoms with Gasteiger partial charge in [-0.3, -0.25) is 13.9 Å². The molecule has 0 aromatic heterocycles. The molecule has 2 aromatic carbocycles. The number of anilines is 2. The van der Waals surface area contributed by atoms with E-state index >= 15 is 0 Å². The first kappa shape index (κ1) is 24.3. The van der Waals surface area contributed by atoms with Gasteiger partial charge in [-0.1, -0.05) is 24.3 Å². The van der Waals surface area contributed by atoms with E-state index in [0.29, 0.717) is 11.3 Å². The number of nitrogens with one attached hydrogen (secondary N) is 2. The first-order valence-corrected chi connectivity index (χ1v) is 11.7. The van der Waals surface area contributed by atoms with E-state index in [1.165, 1.54) is 18.2 Å². The van der Waals surface area contributed by atoms with Crippen LogP contribution in [0.25, 0.3) is 0 Å². The van der Waals surface area contributed by atoms with E-state index in [9.17, 15) is 22.4 Å². The Kier molecular flexibility index (Phi) is 7.78. The first-order valence-electron chi connectivity index (χ1n) is 9.82. The zero-order valence-corrected chi connectivity index (χ0v) is 18.9. The summed E-state index contributed by atoms with van der Waals surface area (Å²) in [4.78, 5) is 24.9. The Morgan fingerprint density at radius 1 is 1.03 bits per heavy atom. The number of carbonyl (C=O) groups is 2. The molecule has 9 heteroatoms. The van der Waals surface area contributed by atoms with Gasteiger partial charge in [-0.2, -0.15) is 0 Å². The van der Waals surface area contributed by atoms with Crippen LogP contribution in [-0.4, -0.2) is 38.6 Å². The van der Waals surface area contributed by atoms with Crippen LogP contribution >= 0.6 is 0 Å². The predicted molar refractivity (Wildman–Crippen MR) is 120 cm³/mol. The van der Waals surface area contributed by atoms with Crippen LogP contribution in [-0.2, 0) is 14.8 Å². The molecular weight excluding hydrogens is 421 g/mol. The van der Waals surface area contributed by atoms with Gasteiger partial charge < -0.3 is 10.6 Å². The van der Waals surface area contributed by atoms with Gasteiger partial charge in [0.15, 0.2) is 0 Å². The Balaban J connectivity index is 2.04. The molecule has 2 N–H and O–H groups in total. The molecule has 0 spiro atoms. The van der Waals surface area contributed by atoms with E-state index in [1.807, 2.05) is 20.8 Å². The highest BCUT2D eigenvalue weighted by Gasteiger charge is 2.21. The molecule has 0 heterocycles. The van der Waals surface area contributed by atoms with Crippen molar-refractivity contribution in [1.82, 2.24) is 5.32 Å². The summed E-state index contributed by atoms with van der Waals surface area (Å²) in [6, 6.07) is 12.2. The molecule has 0 radical (unpaired) electrons. The Morgan fingerprint density at radius 2 is 1.65 bits per heavy atom. The molecular formula is C22H28FN3O4S. The lowest BCUT2D eigenvalue weighted by atomic mass is 10.1. The molecule has 0 saturated carbocycles. The van der Waals surface area contributed by atoms with Gasteiger partial charge in [0.1, 0.15) is 5.82 Å². The summed E-state index contributed by atoms with van der Waals surface area (Å²) in [5.74, 6) is -1.35. The molecule has 0 bridgehead atoms. The van der Waals surface area contributed by atoms with E-state index in [4.69, 9.17) is 0 Å². The van der Waals surface area contributed by atoms with Crippen molar-refractivity contribution in [2.45, 2.75) is 39.2 Å². The van der Waals surface area contributed by atoms with Crippen molar-refractivity contribution in [1.29, 1.82) is 0 Å². The number of amides is 2. The molecule has 0 fully saturated rings. The van der Waals surface area contributed by atoms with Crippen molar-refractivity contribution < 1.29 is 22.4 Å². The maximum Gasteiger partial charge on any atom is 0.253 e. The summed E-state index contributed by atoms with van der Waals surface area (Å²) in [5.41, 5.74) is 0.198. The molecule has 0 unspecified atom stereocenters. The molecule has 2 aromatic rings. The normalized spacial score (nSPS) is 11.6. The predicted octanol–water partition coefficient (Wildman–Crippen LogP) is 3.54. The average molecular weight is 450 g/mol. The monoisotopic (exact) mass is 449 g/mol. The van der Waals surface area contributed by atoms with E-state index in [1.54, 1.807) is 30.3 Å². The summed E-state index contributed by atoms with van der Waals surface area (Å²) in [6.07, 6.45) is 1.16. The Bertz CT molecular complexity index is 1050. The first-order chi connectivity index (χ1) is 14.4. The van der Waals surface area contributed by atoms with Crippen molar-refractivity contribution in [2.24, 2.45) is 0 Å². The number of rotatable bonds is 8. The van der Waals surface area contributed by atoms with Crippen LogP contribution in [0.2, 0.25) is 0 Å². The summed E-state index contributed by atoms with van der Waals surface area (Å²) < 4.78 is 39.2. The highest BCUT2D eigenvalue weighted by molar-refractivity contribution is 7.92. The topological polar surface area (TPSA) is 95.6 Å². The van der Waals surface area contributed by atoms with E-state index in [-0.39, 0.29) is 36.9 Å². The fourth-order valence-corrected chi connectivity index (χ4v) is 3.88. The summed E-state index contributed by atoms with van der Waals surface area (Å²) >= 11 is 0. The van der Waals surface area contributed by atoms with Gasteiger partial charge in [-0.05, 0) is 51.5 Å². The van der Waals surface area contributed by atoms with Gasteiger partial charge in [-0.25, -0.2) is 12.8 Å². The van der Waals surface area contributed by atoms with Gasteiger partial charge in [0.05, 0.1) is 23.2 Å². The van der Waals surface area contributed by atoms with Crippen LogP contribution < -0.4 is 14.9 Å². The van der Waals surface area contributed by atoms with Gasteiger partial charge in [0.25, 0.3) is 5.91 Å². The number of sulfonamides is 1. The molecule has 0 aliphatic carbocycles. The number of hydrogen-bond acceptors (Lipinski definition) is 4. The number of nitrogens with zero attached hydrogens (tertiary/aromatic N) is 1. The van der Waals surface area contributed by atoms with Crippen LogP contribution in [0, 0.1) is 5.82 Å². The zero-order valence-electron chi connectivity index (χ0n) is 18.1. The molecule has 7 nitrogen and oxygen atoms in total. The maximum atomic E-state index is 14.1. The van der Waals surface area contributed by atoms with Gasteiger partial charge in [0, 0.05) is 18.5 Å². The van der Waals surface area contributed by atoms with Crippen molar-refractivity contribution in [2.75, 3.05) is 22.4 Å². The lowest BCUT2D eigenvalue weighted by molar-refractivity contribution is -0.116. The molecule has 0 aliphatic heterocycles. The largest absolute Gasteiger partial charge is 0.347 e. The summed E-state index contributed by atoms with van der Waals surface area (Å²) in [5, 5.41) is 5.55. The SMILES string of the molecule is CC(C)(C)NC(=O)c1ccccc1NC(=O)CCCN(c1ccccc1F)S(C)(=O)=O. The Hall–Kier alpha value is -2.94. The van der Waals surface area contributed by atoms with Crippen LogP contribution in [0.3, 0.4) is 0 Å². The van der Waals surface area contributed by atoms with Gasteiger partial charge in [0.2, 0.25) is 15.9 Å². The smallest absolute Gasteiger partial charge is 0.253 e. The second-order valence-electron chi connectivity index (χ2n) is 8.19. The molecule has 2 amide bonds. The molecule has 2 rings (SSSR count). The minimum atomic E-state index is -3.72. The number of carbonyl (C=O) groups excluding carboxylic acids is 2. The fourth-order valence-electron chi connectivity index (χ4n) is 2.91. The number of halogens is 1. The summed E-state index contributed by atoms with van der Waals surface area (Å²) in [7, 11) is -3.72. The second-order valence-corrected chi connectivity index (χ2v) is 10.1. The van der Waals surface area contributed by atoms with Crippen LogP contribution in [0.1, 0.15) is 44.0 Å². The lowest BCUT2D eigenvalue weighted by Gasteiger charge is -2.23. The van der Waals surface area contributed by atoms with E-state index in [2.05, 4.69) is 10.6 Å². The molecule has 0 atom stereocenters. The number of para-hydroxylation sites is 2.